The Morgan fingerprint density at radius 2 is 1.41 bits per heavy atom. The lowest BCUT2D eigenvalue weighted by Gasteiger charge is -2.39. The largest absolute Gasteiger partial charge is 0.488 e. The van der Waals surface area contributed by atoms with E-state index in [1.54, 1.807) is 0 Å². The highest BCUT2D eigenvalue weighted by Crippen LogP contribution is 2.29. The van der Waals surface area contributed by atoms with Crippen molar-refractivity contribution in [3.63, 3.8) is 0 Å². The van der Waals surface area contributed by atoms with Crippen molar-refractivity contribution in [1.29, 1.82) is 0 Å². The summed E-state index contributed by atoms with van der Waals surface area (Å²) in [5.41, 5.74) is 4.59. The molecule has 5 heteroatoms. The fourth-order valence-electron chi connectivity index (χ4n) is 4.93. The van der Waals surface area contributed by atoms with Crippen LogP contribution >= 0.6 is 0 Å². The Morgan fingerprint density at radius 3 is 1.95 bits per heavy atom. The van der Waals surface area contributed by atoms with Crippen LogP contribution in [0.25, 0.3) is 0 Å². The van der Waals surface area contributed by atoms with E-state index in [4.69, 9.17) is 4.74 Å². The van der Waals surface area contributed by atoms with Crippen LogP contribution in [0.3, 0.4) is 0 Å². The van der Waals surface area contributed by atoms with E-state index in [9.17, 15) is 4.79 Å². The molecule has 5 nitrogen and oxygen atoms in total. The molecule has 1 aliphatic rings. The Kier molecular flexibility index (Phi) is 9.51. The second-order valence-electron chi connectivity index (χ2n) is 10.5. The summed E-state index contributed by atoms with van der Waals surface area (Å²) in [6.45, 7) is 9.96. The lowest BCUT2D eigenvalue weighted by molar-refractivity contribution is 0.104. The number of hydrogen-bond donors (Lipinski definition) is 0. The molecular weight excluding hydrogens is 458 g/mol. The molecule has 3 aromatic carbocycles. The van der Waals surface area contributed by atoms with Crippen molar-refractivity contribution >= 4 is 0 Å². The molecule has 0 amide bonds. The molecule has 1 saturated heterocycles. The van der Waals surface area contributed by atoms with Crippen molar-refractivity contribution in [2.75, 3.05) is 53.4 Å². The summed E-state index contributed by atoms with van der Waals surface area (Å²) in [6.07, 6.45) is 0. The molecule has 0 unspecified atom stereocenters. The van der Waals surface area contributed by atoms with E-state index in [1.807, 2.05) is 26.2 Å². The lowest BCUT2D eigenvalue weighted by atomic mass is 9.96. The number of likely N-dealkylation sites (N-methyl/N-ethyl adjacent to an activating group) is 1. The average Bonchev–Trinajstić information content (AvgIpc) is 3.05. The molecule has 0 spiro atoms. The third-order valence-electron chi connectivity index (χ3n) is 7.15. The zero-order valence-electron chi connectivity index (χ0n) is 22.8. The van der Waals surface area contributed by atoms with Gasteiger partial charge in [-0.05, 0) is 42.8 Å². The Morgan fingerprint density at radius 1 is 0.811 bits per heavy atom. The number of ether oxygens (including phenoxy) is 1. The van der Waals surface area contributed by atoms with E-state index >= 15 is 0 Å². The topological polar surface area (TPSA) is 36.0 Å². The number of rotatable bonds is 10. The smallest absolute Gasteiger partial charge is 0.224 e. The highest BCUT2D eigenvalue weighted by Gasteiger charge is 2.26. The molecule has 0 radical (unpaired) electrons. The molecule has 1 aliphatic heterocycles. The van der Waals surface area contributed by atoms with Gasteiger partial charge in [0.2, 0.25) is 5.43 Å². The van der Waals surface area contributed by atoms with Crippen molar-refractivity contribution in [1.82, 2.24) is 14.7 Å². The van der Waals surface area contributed by atoms with E-state index in [0.29, 0.717) is 24.8 Å². The maximum absolute atomic E-state index is 13.5. The van der Waals surface area contributed by atoms with Crippen LogP contribution < -0.4 is 10.2 Å². The minimum absolute atomic E-state index is 0.0135. The standard InChI is InChI=1S/C32H41N3O2/c1-25(2)28-15-16-29(32(36)30(23-28)37-22-21-33(3)4)24-34-17-19-35(20-18-34)31(26-11-7-5-8-12-26)27-13-9-6-10-14-27/h5-16,23,25,31H,17-22,24H2,1-4H3. The van der Waals surface area contributed by atoms with Gasteiger partial charge < -0.3 is 9.64 Å². The van der Waals surface area contributed by atoms with Gasteiger partial charge in [0.15, 0.2) is 5.75 Å². The van der Waals surface area contributed by atoms with E-state index in [-0.39, 0.29) is 11.5 Å². The first-order valence-electron chi connectivity index (χ1n) is 13.4. The van der Waals surface area contributed by atoms with E-state index in [2.05, 4.69) is 95.3 Å². The molecule has 0 bridgehead atoms. The summed E-state index contributed by atoms with van der Waals surface area (Å²) in [6, 6.07) is 27.8. The van der Waals surface area contributed by atoms with Crippen LogP contribution in [0, 0.1) is 0 Å². The third kappa shape index (κ3) is 7.29. The SMILES string of the molecule is CC(C)c1ccc(CN2CCN(C(c3ccccc3)c3ccccc3)CC2)c(=O)c(OCCN(C)C)c1. The van der Waals surface area contributed by atoms with Crippen LogP contribution in [-0.4, -0.2) is 68.1 Å². The predicted octanol–water partition coefficient (Wildman–Crippen LogP) is 5.02. The summed E-state index contributed by atoms with van der Waals surface area (Å²) in [4.78, 5) is 20.5. The Balaban J connectivity index is 1.49. The fourth-order valence-corrected chi connectivity index (χ4v) is 4.93. The van der Waals surface area contributed by atoms with Gasteiger partial charge in [-0.2, -0.15) is 0 Å². The van der Waals surface area contributed by atoms with Crippen molar-refractivity contribution in [3.05, 3.63) is 111 Å². The molecule has 1 heterocycles. The summed E-state index contributed by atoms with van der Waals surface area (Å²) >= 11 is 0. The first-order chi connectivity index (χ1) is 17.9. The molecule has 4 rings (SSSR count). The highest BCUT2D eigenvalue weighted by atomic mass is 16.5. The van der Waals surface area contributed by atoms with E-state index < -0.39 is 0 Å². The second kappa shape index (κ2) is 13.0. The van der Waals surface area contributed by atoms with Crippen LogP contribution in [0.2, 0.25) is 0 Å². The molecule has 0 N–H and O–H groups in total. The summed E-state index contributed by atoms with van der Waals surface area (Å²) in [5, 5.41) is 0. The van der Waals surface area contributed by atoms with Gasteiger partial charge in [0, 0.05) is 44.8 Å². The van der Waals surface area contributed by atoms with Crippen molar-refractivity contribution in [2.45, 2.75) is 32.4 Å². The number of hydrogen-bond acceptors (Lipinski definition) is 5. The van der Waals surface area contributed by atoms with Gasteiger partial charge in [-0.15, -0.1) is 0 Å². The zero-order valence-corrected chi connectivity index (χ0v) is 22.8. The first-order valence-corrected chi connectivity index (χ1v) is 13.4. The quantitative estimate of drug-likeness (QED) is 0.392. The Hall–Kier alpha value is -2.99. The predicted molar refractivity (Wildman–Crippen MR) is 152 cm³/mol. The monoisotopic (exact) mass is 499 g/mol. The lowest BCUT2D eigenvalue weighted by Crippen LogP contribution is -2.47. The molecule has 0 aromatic heterocycles. The normalized spacial score (nSPS) is 15.0. The van der Waals surface area contributed by atoms with Crippen LogP contribution in [-0.2, 0) is 6.54 Å². The van der Waals surface area contributed by atoms with Crippen LogP contribution in [0.4, 0.5) is 0 Å². The van der Waals surface area contributed by atoms with Gasteiger partial charge in [-0.25, -0.2) is 0 Å². The summed E-state index contributed by atoms with van der Waals surface area (Å²) < 4.78 is 5.99. The van der Waals surface area contributed by atoms with E-state index in [0.717, 1.165) is 43.9 Å². The summed E-state index contributed by atoms with van der Waals surface area (Å²) in [5.74, 6) is 0.796. The van der Waals surface area contributed by atoms with Gasteiger partial charge in [-0.1, -0.05) is 86.6 Å². The second-order valence-corrected chi connectivity index (χ2v) is 10.5. The highest BCUT2D eigenvalue weighted by molar-refractivity contribution is 5.34. The van der Waals surface area contributed by atoms with Gasteiger partial charge >= 0.3 is 0 Å². The molecule has 0 aliphatic carbocycles. The molecule has 3 aromatic rings. The van der Waals surface area contributed by atoms with Gasteiger partial charge in [0.1, 0.15) is 6.61 Å². The molecule has 0 atom stereocenters. The Bertz CT molecular complexity index is 1130. The maximum Gasteiger partial charge on any atom is 0.224 e. The van der Waals surface area contributed by atoms with Crippen molar-refractivity contribution in [2.24, 2.45) is 0 Å². The number of piperazine rings is 1. The molecule has 1 fully saturated rings. The third-order valence-corrected chi connectivity index (χ3v) is 7.15. The molecule has 37 heavy (non-hydrogen) atoms. The minimum atomic E-state index is 0.0135. The van der Waals surface area contributed by atoms with Gasteiger partial charge in [-0.3, -0.25) is 14.6 Å². The molecule has 196 valence electrons. The maximum atomic E-state index is 13.5. The van der Waals surface area contributed by atoms with Crippen molar-refractivity contribution < 1.29 is 4.74 Å². The fraction of sp³-hybridized carbons (Fsp3) is 0.406. The minimum Gasteiger partial charge on any atom is -0.488 e. The van der Waals surface area contributed by atoms with Gasteiger partial charge in [0.05, 0.1) is 6.04 Å². The van der Waals surface area contributed by atoms with Crippen LogP contribution in [0.15, 0.2) is 83.7 Å². The first kappa shape index (κ1) is 27.1. The van der Waals surface area contributed by atoms with Gasteiger partial charge in [0.25, 0.3) is 0 Å². The zero-order chi connectivity index (χ0) is 26.2. The van der Waals surface area contributed by atoms with E-state index in [1.165, 1.54) is 11.1 Å². The average molecular weight is 500 g/mol. The number of nitrogens with zero attached hydrogens (tertiary/aromatic N) is 3. The molecular formula is C32H41N3O2. The van der Waals surface area contributed by atoms with Crippen molar-refractivity contribution in [3.8, 4) is 5.75 Å². The Labute approximate surface area is 222 Å². The summed E-state index contributed by atoms with van der Waals surface area (Å²) in [7, 11) is 4.02. The van der Waals surface area contributed by atoms with Crippen LogP contribution in [0.1, 0.15) is 48.1 Å². The number of benzene rings is 2. The van der Waals surface area contributed by atoms with Crippen LogP contribution in [0.5, 0.6) is 5.75 Å². The molecule has 0 saturated carbocycles.